The van der Waals surface area contributed by atoms with Crippen LogP contribution < -0.4 is 0 Å². The zero-order valence-electron chi connectivity index (χ0n) is 12.7. The second kappa shape index (κ2) is 7.84. The van der Waals surface area contributed by atoms with E-state index >= 15 is 0 Å². The van der Waals surface area contributed by atoms with Crippen molar-refractivity contribution in [2.24, 2.45) is 0 Å². The summed E-state index contributed by atoms with van der Waals surface area (Å²) in [7, 11) is 0. The summed E-state index contributed by atoms with van der Waals surface area (Å²) >= 11 is 7.37. The highest BCUT2D eigenvalue weighted by Crippen LogP contribution is 2.25. The van der Waals surface area contributed by atoms with Gasteiger partial charge in [-0.3, -0.25) is 4.79 Å². The number of nitrogens with zero attached hydrogens (tertiary/aromatic N) is 3. The Hall–Kier alpha value is -1.53. The summed E-state index contributed by atoms with van der Waals surface area (Å²) in [5, 5.41) is 9.14. The molecule has 1 saturated heterocycles. The highest BCUT2D eigenvalue weighted by atomic mass is 35.5. The molecule has 1 aromatic carbocycles. The maximum Gasteiger partial charge on any atom is 0.276 e. The van der Waals surface area contributed by atoms with E-state index in [0.717, 1.165) is 31.5 Å². The third-order valence-corrected chi connectivity index (χ3v) is 4.78. The number of likely N-dealkylation sites (tertiary alicyclic amines) is 1. The minimum absolute atomic E-state index is 0.215. The first-order valence-corrected chi connectivity index (χ1v) is 9.09. The summed E-state index contributed by atoms with van der Waals surface area (Å²) in [6.07, 6.45) is 3.96. The molecular formula is C16H18ClN3O2S. The molecule has 0 saturated carbocycles. The fourth-order valence-electron chi connectivity index (χ4n) is 2.53. The molecule has 0 aliphatic carbocycles. The van der Waals surface area contributed by atoms with Gasteiger partial charge in [-0.05, 0) is 37.5 Å². The number of piperidine rings is 1. The van der Waals surface area contributed by atoms with Crippen molar-refractivity contribution in [3.05, 3.63) is 29.3 Å². The molecule has 2 heterocycles. The van der Waals surface area contributed by atoms with Crippen LogP contribution in [0.1, 0.15) is 25.7 Å². The van der Waals surface area contributed by atoms with Crippen LogP contribution in [-0.4, -0.2) is 39.8 Å². The summed E-state index contributed by atoms with van der Waals surface area (Å²) in [4.78, 5) is 14.0. The highest BCUT2D eigenvalue weighted by molar-refractivity contribution is 7.99. The molecule has 1 aliphatic rings. The number of thioether (sulfide) groups is 1. The van der Waals surface area contributed by atoms with Crippen molar-refractivity contribution in [3.8, 4) is 11.5 Å². The smallest absolute Gasteiger partial charge is 0.276 e. The van der Waals surface area contributed by atoms with Crippen LogP contribution >= 0.6 is 23.4 Å². The summed E-state index contributed by atoms with van der Waals surface area (Å²) in [5.74, 6) is 1.30. The largest absolute Gasteiger partial charge is 0.411 e. The van der Waals surface area contributed by atoms with Crippen molar-refractivity contribution in [1.29, 1.82) is 0 Å². The minimum atomic E-state index is 0.215. The average Bonchev–Trinajstić information content (AvgIpc) is 3.04. The number of hydrogen-bond donors (Lipinski definition) is 0. The molecule has 1 amide bonds. The number of carbonyl (C=O) groups is 1. The summed E-state index contributed by atoms with van der Waals surface area (Å²) in [6, 6.07) is 7.28. The molecule has 1 aromatic heterocycles. The second-order valence-corrected chi connectivity index (χ2v) is 6.91. The topological polar surface area (TPSA) is 59.2 Å². The Bertz CT molecular complexity index is 671. The van der Waals surface area contributed by atoms with Gasteiger partial charge in [0.05, 0.1) is 0 Å². The van der Waals surface area contributed by atoms with Gasteiger partial charge >= 0.3 is 0 Å². The maximum absolute atomic E-state index is 12.1. The van der Waals surface area contributed by atoms with Crippen LogP contribution in [0.5, 0.6) is 0 Å². The first kappa shape index (κ1) is 16.3. The molecule has 3 rings (SSSR count). The lowest BCUT2D eigenvalue weighted by atomic mass is 10.1. The van der Waals surface area contributed by atoms with E-state index in [1.165, 1.54) is 18.2 Å². The highest BCUT2D eigenvalue weighted by Gasteiger charge is 2.16. The Morgan fingerprint density at radius 2 is 2.09 bits per heavy atom. The lowest BCUT2D eigenvalue weighted by Crippen LogP contribution is -2.35. The molecule has 0 atom stereocenters. The van der Waals surface area contributed by atoms with E-state index < -0.39 is 0 Å². The second-order valence-electron chi connectivity index (χ2n) is 5.42. The molecule has 5 nitrogen and oxygen atoms in total. The van der Waals surface area contributed by atoms with Gasteiger partial charge in [0.1, 0.15) is 0 Å². The number of hydrogen-bond acceptors (Lipinski definition) is 5. The lowest BCUT2D eigenvalue weighted by molar-refractivity contribution is -0.131. The third-order valence-electron chi connectivity index (χ3n) is 3.73. The van der Waals surface area contributed by atoms with Crippen molar-refractivity contribution >= 4 is 29.3 Å². The number of aromatic nitrogens is 2. The Kier molecular flexibility index (Phi) is 5.56. The van der Waals surface area contributed by atoms with Gasteiger partial charge < -0.3 is 9.32 Å². The molecule has 122 valence electrons. The van der Waals surface area contributed by atoms with Crippen LogP contribution in [0.3, 0.4) is 0 Å². The maximum atomic E-state index is 12.1. The van der Waals surface area contributed by atoms with Gasteiger partial charge in [-0.2, -0.15) is 0 Å². The van der Waals surface area contributed by atoms with Gasteiger partial charge in [-0.1, -0.05) is 29.4 Å². The summed E-state index contributed by atoms with van der Waals surface area (Å²) < 4.78 is 5.61. The van der Waals surface area contributed by atoms with Crippen molar-refractivity contribution in [2.75, 3.05) is 18.8 Å². The summed E-state index contributed by atoms with van der Waals surface area (Å²) in [5.41, 5.74) is 0.793. The van der Waals surface area contributed by atoms with Gasteiger partial charge in [-0.25, -0.2) is 0 Å². The number of halogens is 1. The van der Waals surface area contributed by atoms with Crippen LogP contribution in [0.2, 0.25) is 5.02 Å². The number of carbonyl (C=O) groups excluding carboxylic acids is 1. The van der Waals surface area contributed by atoms with E-state index in [1.54, 1.807) is 12.1 Å². The SMILES string of the molecule is O=C(CCSc1nnc(-c2cccc(Cl)c2)o1)N1CCCCC1. The Balaban J connectivity index is 1.50. The molecule has 0 unspecified atom stereocenters. The van der Waals surface area contributed by atoms with E-state index in [0.29, 0.717) is 28.3 Å². The van der Waals surface area contributed by atoms with E-state index in [1.807, 2.05) is 17.0 Å². The van der Waals surface area contributed by atoms with Crippen molar-refractivity contribution in [3.63, 3.8) is 0 Å². The Morgan fingerprint density at radius 1 is 1.26 bits per heavy atom. The fraction of sp³-hybridized carbons (Fsp3) is 0.438. The van der Waals surface area contributed by atoms with Gasteiger partial charge in [0, 0.05) is 35.8 Å². The number of amides is 1. The number of benzene rings is 1. The molecule has 0 bridgehead atoms. The molecule has 0 N–H and O–H groups in total. The first-order valence-electron chi connectivity index (χ1n) is 7.72. The predicted molar refractivity (Wildman–Crippen MR) is 90.5 cm³/mol. The Labute approximate surface area is 144 Å². The van der Waals surface area contributed by atoms with Crippen LogP contribution in [0.15, 0.2) is 33.9 Å². The van der Waals surface area contributed by atoms with Crippen LogP contribution in [0, 0.1) is 0 Å². The first-order chi connectivity index (χ1) is 11.2. The predicted octanol–water partition coefficient (Wildman–Crippen LogP) is 3.88. The lowest BCUT2D eigenvalue weighted by Gasteiger charge is -2.26. The van der Waals surface area contributed by atoms with Gasteiger partial charge in [-0.15, -0.1) is 10.2 Å². The molecule has 1 aliphatic heterocycles. The quantitative estimate of drug-likeness (QED) is 0.765. The molecule has 2 aromatic rings. The van der Waals surface area contributed by atoms with E-state index in [2.05, 4.69) is 10.2 Å². The standard InChI is InChI=1S/C16H18ClN3O2S/c17-13-6-4-5-12(11-13)15-18-19-16(22-15)23-10-7-14(21)20-8-2-1-3-9-20/h4-6,11H,1-3,7-10H2. The molecule has 7 heteroatoms. The third kappa shape index (κ3) is 4.48. The Morgan fingerprint density at radius 3 is 2.87 bits per heavy atom. The zero-order valence-corrected chi connectivity index (χ0v) is 14.3. The molecule has 1 fully saturated rings. The summed E-state index contributed by atoms with van der Waals surface area (Å²) in [6.45, 7) is 1.78. The molecule has 0 spiro atoms. The van der Waals surface area contributed by atoms with E-state index in [9.17, 15) is 4.79 Å². The average molecular weight is 352 g/mol. The van der Waals surface area contributed by atoms with Crippen LogP contribution in [0.4, 0.5) is 0 Å². The molecule has 23 heavy (non-hydrogen) atoms. The fourth-order valence-corrected chi connectivity index (χ4v) is 3.41. The van der Waals surface area contributed by atoms with Gasteiger partial charge in [0.15, 0.2) is 0 Å². The number of rotatable bonds is 5. The molecular weight excluding hydrogens is 334 g/mol. The van der Waals surface area contributed by atoms with E-state index in [-0.39, 0.29) is 5.91 Å². The monoisotopic (exact) mass is 351 g/mol. The minimum Gasteiger partial charge on any atom is -0.411 e. The van der Waals surface area contributed by atoms with Crippen LogP contribution in [0.25, 0.3) is 11.5 Å². The van der Waals surface area contributed by atoms with Gasteiger partial charge in [0.2, 0.25) is 11.8 Å². The molecule has 0 radical (unpaired) electrons. The van der Waals surface area contributed by atoms with E-state index in [4.69, 9.17) is 16.0 Å². The van der Waals surface area contributed by atoms with Crippen molar-refractivity contribution in [1.82, 2.24) is 15.1 Å². The normalized spacial score (nSPS) is 14.9. The van der Waals surface area contributed by atoms with Crippen LogP contribution in [-0.2, 0) is 4.79 Å². The van der Waals surface area contributed by atoms with Crippen molar-refractivity contribution in [2.45, 2.75) is 30.9 Å². The van der Waals surface area contributed by atoms with Crippen molar-refractivity contribution < 1.29 is 9.21 Å². The zero-order chi connectivity index (χ0) is 16.1. The van der Waals surface area contributed by atoms with Gasteiger partial charge in [0.25, 0.3) is 5.22 Å².